The van der Waals surface area contributed by atoms with Gasteiger partial charge in [0, 0.05) is 11.6 Å². The van der Waals surface area contributed by atoms with Crippen LogP contribution in [0.2, 0.25) is 0 Å². The summed E-state index contributed by atoms with van der Waals surface area (Å²) in [5, 5.41) is 0. The number of halogens is 3. The van der Waals surface area contributed by atoms with Crippen LogP contribution in [0.3, 0.4) is 0 Å². The number of rotatable bonds is 5. The number of hydrogen-bond donors (Lipinski definition) is 1. The summed E-state index contributed by atoms with van der Waals surface area (Å²) >= 11 is 0. The second kappa shape index (κ2) is 6.09. The van der Waals surface area contributed by atoms with Crippen molar-refractivity contribution in [2.24, 2.45) is 11.7 Å². The van der Waals surface area contributed by atoms with Crippen molar-refractivity contribution in [3.8, 4) is 5.75 Å². The molecule has 1 aromatic carbocycles. The summed E-state index contributed by atoms with van der Waals surface area (Å²) < 4.78 is 40.7. The molecule has 5 heteroatoms. The van der Waals surface area contributed by atoms with Crippen molar-refractivity contribution in [2.45, 2.75) is 39.1 Å². The number of para-hydroxylation sites is 1. The van der Waals surface area contributed by atoms with Gasteiger partial charge in [-0.05, 0) is 24.8 Å². The first-order chi connectivity index (χ1) is 8.29. The van der Waals surface area contributed by atoms with E-state index in [1.54, 1.807) is 12.1 Å². The lowest BCUT2D eigenvalue weighted by Crippen LogP contribution is -2.20. The lowest BCUT2D eigenvalue weighted by atomic mass is 9.98. The van der Waals surface area contributed by atoms with Crippen LogP contribution < -0.4 is 10.5 Å². The van der Waals surface area contributed by atoms with Crippen molar-refractivity contribution in [3.63, 3.8) is 0 Å². The molecule has 18 heavy (non-hydrogen) atoms. The number of hydrogen-bond acceptors (Lipinski definition) is 2. The molecule has 0 aliphatic carbocycles. The van der Waals surface area contributed by atoms with Crippen molar-refractivity contribution < 1.29 is 17.9 Å². The summed E-state index contributed by atoms with van der Waals surface area (Å²) in [7, 11) is 0. The number of alkyl halides is 3. The lowest BCUT2D eigenvalue weighted by molar-refractivity contribution is -0.275. The van der Waals surface area contributed by atoms with E-state index >= 15 is 0 Å². The molecule has 0 unspecified atom stereocenters. The van der Waals surface area contributed by atoms with Gasteiger partial charge in [-0.25, -0.2) is 0 Å². The molecule has 0 saturated carbocycles. The molecule has 0 amide bonds. The van der Waals surface area contributed by atoms with Gasteiger partial charge in [0.25, 0.3) is 0 Å². The number of benzene rings is 1. The van der Waals surface area contributed by atoms with Crippen molar-refractivity contribution in [1.29, 1.82) is 0 Å². The zero-order valence-corrected chi connectivity index (χ0v) is 10.5. The van der Waals surface area contributed by atoms with Crippen LogP contribution in [-0.2, 0) is 0 Å². The molecule has 2 nitrogen and oxygen atoms in total. The highest BCUT2D eigenvalue weighted by atomic mass is 19.4. The summed E-state index contributed by atoms with van der Waals surface area (Å²) in [5.41, 5.74) is 6.31. The minimum absolute atomic E-state index is 0.207. The molecule has 1 atom stereocenters. The molecule has 0 spiro atoms. The summed E-state index contributed by atoms with van der Waals surface area (Å²) in [6.45, 7) is 4.09. The van der Waals surface area contributed by atoms with Crippen molar-refractivity contribution >= 4 is 0 Å². The molecule has 0 fully saturated rings. The van der Waals surface area contributed by atoms with Crippen LogP contribution in [0.15, 0.2) is 24.3 Å². The van der Waals surface area contributed by atoms with Gasteiger partial charge in [-0.2, -0.15) is 0 Å². The largest absolute Gasteiger partial charge is 0.573 e. The molecule has 0 aliphatic heterocycles. The Morgan fingerprint density at radius 2 is 1.78 bits per heavy atom. The van der Waals surface area contributed by atoms with Crippen molar-refractivity contribution in [3.05, 3.63) is 29.8 Å². The summed E-state index contributed by atoms with van der Waals surface area (Å²) in [4.78, 5) is 0. The Morgan fingerprint density at radius 1 is 1.17 bits per heavy atom. The highest BCUT2D eigenvalue weighted by Crippen LogP contribution is 2.31. The van der Waals surface area contributed by atoms with Gasteiger partial charge in [0.2, 0.25) is 0 Å². The normalized spacial score (nSPS) is 13.7. The van der Waals surface area contributed by atoms with Gasteiger partial charge in [-0.1, -0.05) is 32.0 Å². The van der Waals surface area contributed by atoms with E-state index in [4.69, 9.17) is 5.73 Å². The van der Waals surface area contributed by atoms with Crippen LogP contribution in [0.1, 0.15) is 38.3 Å². The predicted molar refractivity (Wildman–Crippen MR) is 64.1 cm³/mol. The zero-order chi connectivity index (χ0) is 13.8. The number of ether oxygens (including phenoxy) is 1. The third-order valence-electron chi connectivity index (χ3n) is 2.60. The Bertz CT molecular complexity index is 377. The molecule has 1 rings (SSSR count). The maximum atomic E-state index is 12.2. The fraction of sp³-hybridized carbons (Fsp3) is 0.538. The summed E-state index contributed by atoms with van der Waals surface area (Å²) in [6.07, 6.45) is -3.19. The fourth-order valence-electron chi connectivity index (χ4n) is 1.67. The van der Waals surface area contributed by atoms with Crippen LogP contribution in [0.25, 0.3) is 0 Å². The standard InChI is InChI=1S/C13H18F3NO/c1-9(2)7-8-11(17)10-5-3-4-6-12(10)18-13(14,15)16/h3-6,9,11H,7-8,17H2,1-2H3/t11-/m1/s1. The molecule has 2 N–H and O–H groups in total. The average Bonchev–Trinajstić information content (AvgIpc) is 2.24. The summed E-state index contributed by atoms with van der Waals surface area (Å²) in [5.74, 6) is 0.257. The topological polar surface area (TPSA) is 35.2 Å². The van der Waals surface area contributed by atoms with E-state index < -0.39 is 12.4 Å². The lowest BCUT2D eigenvalue weighted by Gasteiger charge is -2.18. The first-order valence-corrected chi connectivity index (χ1v) is 5.90. The van der Waals surface area contributed by atoms with Gasteiger partial charge in [0.15, 0.2) is 0 Å². The fourth-order valence-corrected chi connectivity index (χ4v) is 1.67. The second-order valence-electron chi connectivity index (χ2n) is 4.66. The zero-order valence-electron chi connectivity index (χ0n) is 10.5. The van der Waals surface area contributed by atoms with Crippen LogP contribution in [0.5, 0.6) is 5.75 Å². The molecule has 102 valence electrons. The maximum Gasteiger partial charge on any atom is 0.573 e. The van der Waals surface area contributed by atoms with Crippen LogP contribution in [0, 0.1) is 5.92 Å². The monoisotopic (exact) mass is 261 g/mol. The predicted octanol–water partition coefficient (Wildman–Crippen LogP) is 4.02. The molecule has 0 saturated heterocycles. The Balaban J connectivity index is 2.81. The Hall–Kier alpha value is -1.23. The first kappa shape index (κ1) is 14.8. The molecular formula is C13H18F3NO. The van der Waals surface area contributed by atoms with Crippen LogP contribution in [0.4, 0.5) is 13.2 Å². The van der Waals surface area contributed by atoms with Gasteiger partial charge in [0.1, 0.15) is 5.75 Å². The molecule has 1 aromatic rings. The first-order valence-electron chi connectivity index (χ1n) is 5.90. The van der Waals surface area contributed by atoms with Crippen molar-refractivity contribution in [2.75, 3.05) is 0 Å². The van der Waals surface area contributed by atoms with Gasteiger partial charge in [0.05, 0.1) is 0 Å². The minimum atomic E-state index is -4.69. The van der Waals surface area contributed by atoms with Crippen LogP contribution in [-0.4, -0.2) is 6.36 Å². The third kappa shape index (κ3) is 4.96. The molecule has 0 aromatic heterocycles. The summed E-state index contributed by atoms with van der Waals surface area (Å²) in [6, 6.07) is 5.59. The van der Waals surface area contributed by atoms with E-state index in [0.717, 1.165) is 6.42 Å². The maximum absolute atomic E-state index is 12.2. The third-order valence-corrected chi connectivity index (χ3v) is 2.60. The quantitative estimate of drug-likeness (QED) is 0.868. The van der Waals surface area contributed by atoms with E-state index in [2.05, 4.69) is 4.74 Å². The van der Waals surface area contributed by atoms with Gasteiger partial charge in [-0.3, -0.25) is 0 Å². The molecule has 0 aliphatic rings. The molecule has 0 bridgehead atoms. The molecule has 0 radical (unpaired) electrons. The highest BCUT2D eigenvalue weighted by Gasteiger charge is 2.32. The average molecular weight is 261 g/mol. The number of nitrogens with two attached hydrogens (primary N) is 1. The molecular weight excluding hydrogens is 243 g/mol. The van der Waals surface area contributed by atoms with Crippen LogP contribution >= 0.6 is 0 Å². The van der Waals surface area contributed by atoms with E-state index in [1.165, 1.54) is 12.1 Å². The van der Waals surface area contributed by atoms with E-state index in [0.29, 0.717) is 17.9 Å². The minimum Gasteiger partial charge on any atom is -0.405 e. The van der Waals surface area contributed by atoms with E-state index in [-0.39, 0.29) is 5.75 Å². The van der Waals surface area contributed by atoms with Crippen molar-refractivity contribution in [1.82, 2.24) is 0 Å². The Kier molecular flexibility index (Phi) is 5.02. The Morgan fingerprint density at radius 3 is 2.33 bits per heavy atom. The molecule has 0 heterocycles. The van der Waals surface area contributed by atoms with E-state index in [9.17, 15) is 13.2 Å². The SMILES string of the molecule is CC(C)CC[C@@H](N)c1ccccc1OC(F)(F)F. The van der Waals surface area contributed by atoms with E-state index in [1.807, 2.05) is 13.8 Å². The highest BCUT2D eigenvalue weighted by molar-refractivity contribution is 5.35. The Labute approximate surface area is 105 Å². The van der Waals surface area contributed by atoms with Gasteiger partial charge < -0.3 is 10.5 Å². The smallest absolute Gasteiger partial charge is 0.405 e. The second-order valence-corrected chi connectivity index (χ2v) is 4.66. The van der Waals surface area contributed by atoms with Gasteiger partial charge >= 0.3 is 6.36 Å². The van der Waals surface area contributed by atoms with Gasteiger partial charge in [-0.15, -0.1) is 13.2 Å².